The maximum absolute atomic E-state index is 6.17. The van der Waals surface area contributed by atoms with Crippen LogP contribution in [0.2, 0.25) is 20.1 Å². The summed E-state index contributed by atoms with van der Waals surface area (Å²) in [6.07, 6.45) is 0. The highest BCUT2D eigenvalue weighted by atomic mass is 35.5. The van der Waals surface area contributed by atoms with Gasteiger partial charge in [-0.15, -0.1) is 0 Å². The zero-order chi connectivity index (χ0) is 13.4. The van der Waals surface area contributed by atoms with Crippen LogP contribution in [0.5, 0.6) is 0 Å². The van der Waals surface area contributed by atoms with Crippen molar-refractivity contribution in [2.75, 3.05) is 11.5 Å². The number of nitrogen functional groups attached to an aromatic ring is 2. The Labute approximate surface area is 124 Å². The summed E-state index contributed by atoms with van der Waals surface area (Å²) in [7, 11) is 0. The highest BCUT2D eigenvalue weighted by Crippen LogP contribution is 2.48. The Bertz CT molecular complexity index is 597. The van der Waals surface area contributed by atoms with Gasteiger partial charge >= 0.3 is 0 Å². The van der Waals surface area contributed by atoms with Crippen LogP contribution in [0.1, 0.15) is 0 Å². The molecule has 0 aromatic heterocycles. The molecule has 0 spiro atoms. The molecule has 6 heteroatoms. The number of benzene rings is 2. The molecule has 0 bridgehead atoms. The molecule has 4 N–H and O–H groups in total. The van der Waals surface area contributed by atoms with Gasteiger partial charge in [-0.05, 0) is 6.07 Å². The van der Waals surface area contributed by atoms with Gasteiger partial charge in [-0.1, -0.05) is 64.6 Å². The largest absolute Gasteiger partial charge is 0.398 e. The summed E-state index contributed by atoms with van der Waals surface area (Å²) in [5.41, 5.74) is 13.8. The molecular formula is C12H8Cl4N2. The molecule has 0 radical (unpaired) electrons. The second kappa shape index (κ2) is 5.06. The van der Waals surface area contributed by atoms with Gasteiger partial charge in [-0.3, -0.25) is 0 Å². The standard InChI is InChI=1S/C12H8Cl4N2/c13-8-7(5-3-1-2-4-6(5)17)12(18)11(16)10(15)9(8)14/h1-4H,17-18H2. The summed E-state index contributed by atoms with van der Waals surface area (Å²) in [4.78, 5) is 0. The maximum atomic E-state index is 6.17. The Morgan fingerprint density at radius 2 is 1.28 bits per heavy atom. The molecule has 0 aliphatic rings. The molecule has 0 heterocycles. The van der Waals surface area contributed by atoms with Gasteiger partial charge in [-0.25, -0.2) is 0 Å². The van der Waals surface area contributed by atoms with E-state index in [1.165, 1.54) is 0 Å². The van der Waals surface area contributed by atoms with Crippen LogP contribution in [0.3, 0.4) is 0 Å². The molecule has 0 saturated heterocycles. The third-order valence-corrected chi connectivity index (χ3v) is 4.35. The molecular weight excluding hydrogens is 314 g/mol. The van der Waals surface area contributed by atoms with E-state index >= 15 is 0 Å². The quantitative estimate of drug-likeness (QED) is 0.434. The smallest absolute Gasteiger partial charge is 0.0844 e. The van der Waals surface area contributed by atoms with Crippen molar-refractivity contribution >= 4 is 57.8 Å². The molecule has 0 aliphatic heterocycles. The lowest BCUT2D eigenvalue weighted by Crippen LogP contribution is -1.97. The molecule has 0 amide bonds. The zero-order valence-electron chi connectivity index (χ0n) is 8.98. The Balaban J connectivity index is 2.85. The van der Waals surface area contributed by atoms with Crippen molar-refractivity contribution in [2.24, 2.45) is 0 Å². The molecule has 0 fully saturated rings. The summed E-state index contributed by atoms with van der Waals surface area (Å²) in [5.74, 6) is 0. The highest BCUT2D eigenvalue weighted by molar-refractivity contribution is 6.54. The van der Waals surface area contributed by atoms with E-state index in [2.05, 4.69) is 0 Å². The molecule has 0 saturated carbocycles. The van der Waals surface area contributed by atoms with Crippen LogP contribution in [0.15, 0.2) is 24.3 Å². The van der Waals surface area contributed by atoms with Gasteiger partial charge in [0.25, 0.3) is 0 Å². The van der Waals surface area contributed by atoms with E-state index in [1.54, 1.807) is 12.1 Å². The molecule has 0 unspecified atom stereocenters. The number of rotatable bonds is 1. The van der Waals surface area contributed by atoms with Crippen molar-refractivity contribution in [1.29, 1.82) is 0 Å². The Morgan fingerprint density at radius 1 is 0.722 bits per heavy atom. The predicted octanol–water partition coefficient (Wildman–Crippen LogP) is 5.13. The molecule has 2 aromatic rings. The van der Waals surface area contributed by atoms with Crippen molar-refractivity contribution in [3.8, 4) is 11.1 Å². The van der Waals surface area contributed by atoms with E-state index in [4.69, 9.17) is 57.9 Å². The van der Waals surface area contributed by atoms with Gasteiger partial charge in [0.2, 0.25) is 0 Å². The second-order valence-corrected chi connectivity index (χ2v) is 5.14. The summed E-state index contributed by atoms with van der Waals surface area (Å²) < 4.78 is 0. The van der Waals surface area contributed by atoms with Crippen LogP contribution in [0.4, 0.5) is 11.4 Å². The number of hydrogen-bond acceptors (Lipinski definition) is 2. The molecule has 2 nitrogen and oxygen atoms in total. The number of nitrogens with two attached hydrogens (primary N) is 2. The van der Waals surface area contributed by atoms with E-state index in [0.717, 1.165) is 0 Å². The van der Waals surface area contributed by atoms with E-state index in [-0.39, 0.29) is 25.8 Å². The van der Waals surface area contributed by atoms with Crippen molar-refractivity contribution in [3.63, 3.8) is 0 Å². The van der Waals surface area contributed by atoms with E-state index < -0.39 is 0 Å². The van der Waals surface area contributed by atoms with Crippen molar-refractivity contribution < 1.29 is 0 Å². The molecule has 2 rings (SSSR count). The summed E-state index contributed by atoms with van der Waals surface area (Å²) in [6.45, 7) is 0. The Hall–Kier alpha value is -0.800. The lowest BCUT2D eigenvalue weighted by molar-refractivity contribution is 1.60. The first-order valence-corrected chi connectivity index (χ1v) is 6.42. The van der Waals surface area contributed by atoms with Crippen LogP contribution >= 0.6 is 46.4 Å². The van der Waals surface area contributed by atoms with Crippen molar-refractivity contribution in [3.05, 3.63) is 44.4 Å². The normalized spacial score (nSPS) is 10.7. The monoisotopic (exact) mass is 320 g/mol. The van der Waals surface area contributed by atoms with Crippen molar-refractivity contribution in [2.45, 2.75) is 0 Å². The minimum Gasteiger partial charge on any atom is -0.398 e. The molecule has 18 heavy (non-hydrogen) atoms. The molecule has 0 aliphatic carbocycles. The molecule has 2 aromatic carbocycles. The fourth-order valence-electron chi connectivity index (χ4n) is 1.64. The van der Waals surface area contributed by atoms with Gasteiger partial charge in [0.05, 0.1) is 25.8 Å². The van der Waals surface area contributed by atoms with E-state index in [0.29, 0.717) is 16.8 Å². The summed E-state index contributed by atoms with van der Waals surface area (Å²) in [5, 5.41) is 0.709. The van der Waals surface area contributed by atoms with Gasteiger partial charge in [0, 0.05) is 16.8 Å². The third-order valence-electron chi connectivity index (χ3n) is 2.53. The number of halogens is 4. The average molecular weight is 322 g/mol. The number of anilines is 2. The van der Waals surface area contributed by atoms with Crippen LogP contribution < -0.4 is 11.5 Å². The van der Waals surface area contributed by atoms with Crippen molar-refractivity contribution in [1.82, 2.24) is 0 Å². The second-order valence-electron chi connectivity index (χ2n) is 3.63. The Kier molecular flexibility index (Phi) is 3.83. The van der Waals surface area contributed by atoms with Crippen LogP contribution in [0.25, 0.3) is 11.1 Å². The number of hydrogen-bond donors (Lipinski definition) is 2. The minimum atomic E-state index is 0.138. The predicted molar refractivity (Wildman–Crippen MR) is 80.7 cm³/mol. The van der Waals surface area contributed by atoms with Crippen LogP contribution in [-0.4, -0.2) is 0 Å². The topological polar surface area (TPSA) is 52.0 Å². The average Bonchev–Trinajstić information content (AvgIpc) is 2.36. The molecule has 0 atom stereocenters. The molecule has 94 valence electrons. The van der Waals surface area contributed by atoms with Gasteiger partial charge < -0.3 is 11.5 Å². The summed E-state index contributed by atoms with van der Waals surface area (Å²) in [6, 6.07) is 7.15. The van der Waals surface area contributed by atoms with Gasteiger partial charge in [0.1, 0.15) is 0 Å². The lowest BCUT2D eigenvalue weighted by Gasteiger charge is -2.15. The zero-order valence-corrected chi connectivity index (χ0v) is 12.0. The fraction of sp³-hybridized carbons (Fsp3) is 0. The number of para-hydroxylation sites is 1. The SMILES string of the molecule is Nc1ccccc1-c1c(N)c(Cl)c(Cl)c(Cl)c1Cl. The van der Waals surface area contributed by atoms with Crippen LogP contribution in [0, 0.1) is 0 Å². The fourth-order valence-corrected chi connectivity index (χ4v) is 2.61. The first-order valence-electron chi connectivity index (χ1n) is 4.91. The highest BCUT2D eigenvalue weighted by Gasteiger charge is 2.20. The first-order chi connectivity index (χ1) is 8.45. The van der Waals surface area contributed by atoms with Gasteiger partial charge in [0.15, 0.2) is 0 Å². The third kappa shape index (κ3) is 2.10. The van der Waals surface area contributed by atoms with Crippen LogP contribution in [-0.2, 0) is 0 Å². The van der Waals surface area contributed by atoms with E-state index in [9.17, 15) is 0 Å². The van der Waals surface area contributed by atoms with Gasteiger partial charge in [-0.2, -0.15) is 0 Å². The first kappa shape index (κ1) is 13.6. The maximum Gasteiger partial charge on any atom is 0.0844 e. The van der Waals surface area contributed by atoms with E-state index in [1.807, 2.05) is 12.1 Å². The Morgan fingerprint density at radius 3 is 1.89 bits per heavy atom. The lowest BCUT2D eigenvalue weighted by atomic mass is 10.0. The summed E-state index contributed by atoms with van der Waals surface area (Å²) >= 11 is 24.1. The minimum absolute atomic E-state index is 0.138.